The van der Waals surface area contributed by atoms with Crippen molar-refractivity contribution in [2.45, 2.75) is 12.8 Å². The van der Waals surface area contributed by atoms with Crippen molar-refractivity contribution in [3.63, 3.8) is 0 Å². The number of hydrogen-bond donors (Lipinski definition) is 1. The quantitative estimate of drug-likeness (QED) is 0.450. The van der Waals surface area contributed by atoms with E-state index in [-0.39, 0.29) is 5.91 Å². The fourth-order valence-electron chi connectivity index (χ4n) is 3.39. The molecule has 1 amide bonds. The van der Waals surface area contributed by atoms with Crippen molar-refractivity contribution in [2.24, 2.45) is 0 Å². The van der Waals surface area contributed by atoms with Crippen molar-refractivity contribution in [1.29, 1.82) is 0 Å². The lowest BCUT2D eigenvalue weighted by atomic mass is 10.0. The van der Waals surface area contributed by atoms with Crippen LogP contribution < -0.4 is 10.1 Å². The van der Waals surface area contributed by atoms with Crippen LogP contribution in [0.5, 0.6) is 5.75 Å². The lowest BCUT2D eigenvalue weighted by Gasteiger charge is -2.10. The summed E-state index contributed by atoms with van der Waals surface area (Å²) >= 11 is 0. The minimum Gasteiger partial charge on any atom is -0.493 e. The predicted octanol–water partition coefficient (Wildman–Crippen LogP) is 5.64. The summed E-state index contributed by atoms with van der Waals surface area (Å²) in [5.74, 6) is 0.770. The monoisotopic (exact) mass is 381 g/mol. The van der Waals surface area contributed by atoms with Gasteiger partial charge in [0, 0.05) is 12.1 Å². The summed E-state index contributed by atoms with van der Waals surface area (Å²) in [7, 11) is 0. The van der Waals surface area contributed by atoms with Gasteiger partial charge in [-0.25, -0.2) is 0 Å². The predicted molar refractivity (Wildman–Crippen MR) is 118 cm³/mol. The van der Waals surface area contributed by atoms with Gasteiger partial charge in [-0.2, -0.15) is 0 Å². The maximum Gasteiger partial charge on any atom is 0.228 e. The Kier molecular flexibility index (Phi) is 5.87. The summed E-state index contributed by atoms with van der Waals surface area (Å²) in [6.07, 6.45) is 1.21. The normalized spacial score (nSPS) is 10.6. The maximum atomic E-state index is 12.5. The molecule has 0 radical (unpaired) electrons. The lowest BCUT2D eigenvalue weighted by Crippen LogP contribution is -2.14. The number of amides is 1. The van der Waals surface area contributed by atoms with Gasteiger partial charge < -0.3 is 10.1 Å². The maximum absolute atomic E-state index is 12.5. The number of carbonyl (C=O) groups is 1. The molecule has 0 bridgehead atoms. The van der Waals surface area contributed by atoms with Gasteiger partial charge in [0.1, 0.15) is 5.75 Å². The summed E-state index contributed by atoms with van der Waals surface area (Å²) < 4.78 is 5.80. The molecule has 29 heavy (non-hydrogen) atoms. The molecule has 0 aliphatic carbocycles. The Morgan fingerprint density at radius 1 is 0.759 bits per heavy atom. The molecule has 0 aliphatic rings. The van der Waals surface area contributed by atoms with E-state index in [0.29, 0.717) is 13.0 Å². The molecule has 3 nitrogen and oxygen atoms in total. The summed E-state index contributed by atoms with van der Waals surface area (Å²) in [6.45, 7) is 0.622. The van der Waals surface area contributed by atoms with Crippen LogP contribution in [0.25, 0.3) is 10.8 Å². The lowest BCUT2D eigenvalue weighted by molar-refractivity contribution is -0.115. The number of ether oxygens (including phenoxy) is 1. The Balaban J connectivity index is 1.31. The molecular formula is C26H23NO2. The van der Waals surface area contributed by atoms with Crippen molar-refractivity contribution in [3.05, 3.63) is 108 Å². The van der Waals surface area contributed by atoms with Crippen LogP contribution in [-0.2, 0) is 17.6 Å². The van der Waals surface area contributed by atoms with Crippen LogP contribution in [0.15, 0.2) is 97.1 Å². The van der Waals surface area contributed by atoms with Gasteiger partial charge in [0.25, 0.3) is 0 Å². The Morgan fingerprint density at radius 2 is 1.48 bits per heavy atom. The third-order valence-corrected chi connectivity index (χ3v) is 4.87. The topological polar surface area (TPSA) is 38.3 Å². The van der Waals surface area contributed by atoms with Crippen LogP contribution in [0.3, 0.4) is 0 Å². The third kappa shape index (κ3) is 5.02. The second-order valence-corrected chi connectivity index (χ2v) is 6.97. The molecule has 0 spiro atoms. The van der Waals surface area contributed by atoms with E-state index in [9.17, 15) is 4.79 Å². The SMILES string of the molecule is O=C(Cc1cccc2ccccc12)Nc1ccc(OCCc2ccccc2)cc1. The number of nitrogens with one attached hydrogen (secondary N) is 1. The van der Waals surface area contributed by atoms with Crippen LogP contribution in [0, 0.1) is 0 Å². The first kappa shape index (κ1) is 18.8. The first-order valence-electron chi connectivity index (χ1n) is 9.81. The largest absolute Gasteiger partial charge is 0.493 e. The smallest absolute Gasteiger partial charge is 0.228 e. The molecule has 0 saturated heterocycles. The molecule has 1 N–H and O–H groups in total. The van der Waals surface area contributed by atoms with Crippen molar-refractivity contribution >= 4 is 22.4 Å². The van der Waals surface area contributed by atoms with Crippen LogP contribution in [0.4, 0.5) is 5.69 Å². The molecule has 144 valence electrons. The van der Waals surface area contributed by atoms with Gasteiger partial charge in [0.05, 0.1) is 13.0 Å². The molecule has 3 heteroatoms. The first-order valence-corrected chi connectivity index (χ1v) is 9.81. The van der Waals surface area contributed by atoms with Crippen LogP contribution in [-0.4, -0.2) is 12.5 Å². The van der Waals surface area contributed by atoms with Gasteiger partial charge in [-0.05, 0) is 46.2 Å². The van der Waals surface area contributed by atoms with Gasteiger partial charge in [-0.3, -0.25) is 4.79 Å². The molecule has 0 atom stereocenters. The molecule has 0 unspecified atom stereocenters. The van der Waals surface area contributed by atoms with E-state index >= 15 is 0 Å². The van der Waals surface area contributed by atoms with E-state index in [1.54, 1.807) is 0 Å². The molecule has 4 aromatic carbocycles. The highest BCUT2D eigenvalue weighted by molar-refractivity contribution is 5.96. The number of benzene rings is 4. The summed E-state index contributed by atoms with van der Waals surface area (Å²) in [6, 6.07) is 32.0. The molecule has 0 aromatic heterocycles. The fraction of sp³-hybridized carbons (Fsp3) is 0.115. The molecule has 4 aromatic rings. The van der Waals surface area contributed by atoms with Crippen LogP contribution in [0.2, 0.25) is 0 Å². The number of fused-ring (bicyclic) bond motifs is 1. The highest BCUT2D eigenvalue weighted by Crippen LogP contribution is 2.20. The third-order valence-electron chi connectivity index (χ3n) is 4.87. The summed E-state index contributed by atoms with van der Waals surface area (Å²) in [5.41, 5.74) is 3.05. The van der Waals surface area contributed by atoms with Gasteiger partial charge in [0.15, 0.2) is 0 Å². The number of anilines is 1. The fourth-order valence-corrected chi connectivity index (χ4v) is 3.39. The minimum absolute atomic E-state index is 0.0286. The number of hydrogen-bond acceptors (Lipinski definition) is 2. The number of carbonyl (C=O) groups excluding carboxylic acids is 1. The molecule has 0 heterocycles. The van der Waals surface area contributed by atoms with Gasteiger partial charge in [-0.1, -0.05) is 72.8 Å². The van der Waals surface area contributed by atoms with E-state index in [4.69, 9.17) is 4.74 Å². The van der Waals surface area contributed by atoms with Gasteiger partial charge in [0.2, 0.25) is 5.91 Å². The minimum atomic E-state index is -0.0286. The second-order valence-electron chi connectivity index (χ2n) is 6.97. The van der Waals surface area contributed by atoms with E-state index in [1.165, 1.54) is 5.56 Å². The number of rotatable bonds is 7. The average molecular weight is 381 g/mol. The molecular weight excluding hydrogens is 358 g/mol. The zero-order valence-electron chi connectivity index (χ0n) is 16.2. The molecule has 4 rings (SSSR count). The van der Waals surface area contributed by atoms with Crippen LogP contribution in [0.1, 0.15) is 11.1 Å². The zero-order chi connectivity index (χ0) is 19.9. The van der Waals surface area contributed by atoms with Gasteiger partial charge >= 0.3 is 0 Å². The van der Waals surface area contributed by atoms with Crippen molar-refractivity contribution in [3.8, 4) is 5.75 Å². The van der Waals surface area contributed by atoms with Crippen LogP contribution >= 0.6 is 0 Å². The zero-order valence-corrected chi connectivity index (χ0v) is 16.2. The molecule has 0 saturated carbocycles. The standard InChI is InChI=1S/C26H23NO2/c28-26(19-22-11-6-10-21-9-4-5-12-25(21)22)27-23-13-15-24(16-14-23)29-18-17-20-7-2-1-3-8-20/h1-16H,17-19H2,(H,27,28). The first-order chi connectivity index (χ1) is 14.3. The Morgan fingerprint density at radius 3 is 2.31 bits per heavy atom. The van der Waals surface area contributed by atoms with Crippen molar-refractivity contribution in [1.82, 2.24) is 0 Å². The van der Waals surface area contributed by atoms with E-state index in [2.05, 4.69) is 35.6 Å². The highest BCUT2D eigenvalue weighted by Gasteiger charge is 2.07. The molecule has 0 aliphatic heterocycles. The van der Waals surface area contributed by atoms with Crippen molar-refractivity contribution in [2.75, 3.05) is 11.9 Å². The second kappa shape index (κ2) is 9.07. The summed E-state index contributed by atoms with van der Waals surface area (Å²) in [4.78, 5) is 12.5. The molecule has 0 fully saturated rings. The van der Waals surface area contributed by atoms with Crippen molar-refractivity contribution < 1.29 is 9.53 Å². The summed E-state index contributed by atoms with van der Waals surface area (Å²) in [5, 5.41) is 5.24. The Bertz CT molecular complexity index is 1080. The van der Waals surface area contributed by atoms with E-state index < -0.39 is 0 Å². The highest BCUT2D eigenvalue weighted by atomic mass is 16.5. The Hall–Kier alpha value is -3.59. The van der Waals surface area contributed by atoms with E-state index in [0.717, 1.165) is 34.2 Å². The van der Waals surface area contributed by atoms with Gasteiger partial charge in [-0.15, -0.1) is 0 Å². The van der Waals surface area contributed by atoms with E-state index in [1.807, 2.05) is 66.7 Å². The Labute approximate surface area is 171 Å². The average Bonchev–Trinajstić information content (AvgIpc) is 2.76.